The Morgan fingerprint density at radius 3 is 2.81 bits per heavy atom. The fraction of sp³-hybridized carbons (Fsp3) is 0.133. The van der Waals surface area contributed by atoms with Crippen molar-refractivity contribution in [1.29, 1.82) is 0 Å². The summed E-state index contributed by atoms with van der Waals surface area (Å²) in [5.41, 5.74) is 7.38. The van der Waals surface area contributed by atoms with Crippen molar-refractivity contribution >= 4 is 33.2 Å². The first-order valence-corrected chi connectivity index (χ1v) is 7.19. The average Bonchev–Trinajstić information content (AvgIpc) is 2.49. The van der Waals surface area contributed by atoms with Crippen molar-refractivity contribution in [1.82, 2.24) is 0 Å². The van der Waals surface area contributed by atoms with Gasteiger partial charge < -0.3 is 20.5 Å². The Bertz CT molecular complexity index is 703. The number of nitrogens with two attached hydrogens (primary N) is 1. The number of ether oxygens (including phenoxy) is 2. The molecule has 0 unspecified atom stereocenters. The number of benzene rings is 2. The predicted molar refractivity (Wildman–Crippen MR) is 83.9 cm³/mol. The van der Waals surface area contributed by atoms with Crippen LogP contribution in [0.5, 0.6) is 11.5 Å². The van der Waals surface area contributed by atoms with E-state index in [4.69, 9.17) is 15.2 Å². The molecule has 0 fully saturated rings. The number of amides is 1. The Morgan fingerprint density at radius 2 is 2.00 bits per heavy atom. The normalized spacial score (nSPS) is 12.8. The molecule has 1 amide bonds. The van der Waals surface area contributed by atoms with Gasteiger partial charge in [-0.05, 0) is 46.3 Å². The van der Waals surface area contributed by atoms with Crippen molar-refractivity contribution in [3.05, 3.63) is 46.4 Å². The molecule has 0 atom stereocenters. The molecule has 3 rings (SSSR count). The van der Waals surface area contributed by atoms with E-state index in [1.165, 1.54) is 0 Å². The summed E-state index contributed by atoms with van der Waals surface area (Å²) in [7, 11) is 0. The van der Waals surface area contributed by atoms with Crippen LogP contribution in [-0.4, -0.2) is 19.1 Å². The van der Waals surface area contributed by atoms with E-state index in [2.05, 4.69) is 21.2 Å². The van der Waals surface area contributed by atoms with Gasteiger partial charge >= 0.3 is 0 Å². The lowest BCUT2D eigenvalue weighted by Gasteiger charge is -2.20. The highest BCUT2D eigenvalue weighted by molar-refractivity contribution is 9.10. The van der Waals surface area contributed by atoms with E-state index < -0.39 is 0 Å². The van der Waals surface area contributed by atoms with E-state index in [0.29, 0.717) is 41.7 Å². The van der Waals surface area contributed by atoms with Crippen LogP contribution in [-0.2, 0) is 0 Å². The highest BCUT2D eigenvalue weighted by atomic mass is 79.9. The van der Waals surface area contributed by atoms with Crippen molar-refractivity contribution in [3.8, 4) is 11.5 Å². The fourth-order valence-electron chi connectivity index (χ4n) is 2.07. The number of hydrogen-bond acceptors (Lipinski definition) is 4. The van der Waals surface area contributed by atoms with Crippen molar-refractivity contribution in [2.45, 2.75) is 0 Å². The maximum atomic E-state index is 12.4. The SMILES string of the molecule is Nc1ccc(NC(=O)c2cccc3c2OCCO3)c(Br)c1. The van der Waals surface area contributed by atoms with Gasteiger partial charge in [0.15, 0.2) is 11.5 Å². The number of carbonyl (C=O) groups excluding carboxylic acids is 1. The first-order valence-electron chi connectivity index (χ1n) is 6.40. The number of rotatable bonds is 2. The second kappa shape index (κ2) is 5.65. The summed E-state index contributed by atoms with van der Waals surface area (Å²) in [4.78, 5) is 12.4. The van der Waals surface area contributed by atoms with Crippen LogP contribution < -0.4 is 20.5 Å². The Labute approximate surface area is 130 Å². The fourth-order valence-corrected chi connectivity index (χ4v) is 2.57. The minimum absolute atomic E-state index is 0.261. The molecule has 0 radical (unpaired) electrons. The number of nitrogen functional groups attached to an aromatic ring is 1. The minimum Gasteiger partial charge on any atom is -0.486 e. The number of para-hydroxylation sites is 1. The third-order valence-electron chi connectivity index (χ3n) is 3.05. The molecule has 0 saturated carbocycles. The Morgan fingerprint density at radius 1 is 1.19 bits per heavy atom. The zero-order valence-corrected chi connectivity index (χ0v) is 12.6. The second-order valence-corrected chi connectivity index (χ2v) is 5.38. The lowest BCUT2D eigenvalue weighted by molar-refractivity contribution is 0.101. The summed E-state index contributed by atoms with van der Waals surface area (Å²) < 4.78 is 11.7. The molecule has 0 saturated heterocycles. The summed E-state index contributed by atoms with van der Waals surface area (Å²) in [6, 6.07) is 10.4. The predicted octanol–water partition coefficient (Wildman–Crippen LogP) is 3.05. The molecule has 0 aromatic heterocycles. The average molecular weight is 349 g/mol. The number of carbonyl (C=O) groups is 1. The summed E-state index contributed by atoms with van der Waals surface area (Å²) in [5.74, 6) is 0.806. The zero-order chi connectivity index (χ0) is 14.8. The third kappa shape index (κ3) is 2.80. The standard InChI is InChI=1S/C15H13BrN2O3/c16-11-8-9(17)4-5-12(11)18-15(19)10-2-1-3-13-14(10)21-7-6-20-13/h1-5,8H,6-7,17H2,(H,18,19). The Hall–Kier alpha value is -2.21. The van der Waals surface area contributed by atoms with Gasteiger partial charge in [0.1, 0.15) is 13.2 Å². The van der Waals surface area contributed by atoms with Crippen LogP contribution in [0.2, 0.25) is 0 Å². The largest absolute Gasteiger partial charge is 0.486 e. The van der Waals surface area contributed by atoms with E-state index >= 15 is 0 Å². The van der Waals surface area contributed by atoms with Crippen LogP contribution >= 0.6 is 15.9 Å². The Balaban J connectivity index is 1.89. The first-order chi connectivity index (χ1) is 10.1. The molecular formula is C15H13BrN2O3. The number of hydrogen-bond donors (Lipinski definition) is 2. The minimum atomic E-state index is -0.261. The molecular weight excluding hydrogens is 336 g/mol. The monoisotopic (exact) mass is 348 g/mol. The quantitative estimate of drug-likeness (QED) is 0.818. The summed E-state index contributed by atoms with van der Waals surface area (Å²) in [6.45, 7) is 0.921. The highest BCUT2D eigenvalue weighted by Gasteiger charge is 2.20. The number of nitrogens with one attached hydrogen (secondary N) is 1. The van der Waals surface area contributed by atoms with Gasteiger partial charge in [0.05, 0.1) is 11.3 Å². The number of halogens is 1. The molecule has 1 aliphatic heterocycles. The van der Waals surface area contributed by atoms with E-state index in [1.807, 2.05) is 0 Å². The van der Waals surface area contributed by atoms with Gasteiger partial charge in [-0.3, -0.25) is 4.79 Å². The lowest BCUT2D eigenvalue weighted by Crippen LogP contribution is -2.20. The van der Waals surface area contributed by atoms with E-state index in [9.17, 15) is 4.79 Å². The van der Waals surface area contributed by atoms with Gasteiger partial charge in [-0.2, -0.15) is 0 Å². The molecule has 21 heavy (non-hydrogen) atoms. The molecule has 5 nitrogen and oxygen atoms in total. The van der Waals surface area contributed by atoms with Gasteiger partial charge in [0, 0.05) is 10.2 Å². The molecule has 0 aliphatic carbocycles. The van der Waals surface area contributed by atoms with Gasteiger partial charge in [-0.15, -0.1) is 0 Å². The lowest BCUT2D eigenvalue weighted by atomic mass is 10.1. The van der Waals surface area contributed by atoms with Crippen LogP contribution in [0.3, 0.4) is 0 Å². The van der Waals surface area contributed by atoms with Crippen molar-refractivity contribution in [2.75, 3.05) is 24.3 Å². The van der Waals surface area contributed by atoms with Crippen molar-refractivity contribution in [3.63, 3.8) is 0 Å². The summed E-state index contributed by atoms with van der Waals surface area (Å²) in [6.07, 6.45) is 0. The summed E-state index contributed by atoms with van der Waals surface area (Å²) >= 11 is 3.37. The molecule has 1 aliphatic rings. The third-order valence-corrected chi connectivity index (χ3v) is 3.71. The Kier molecular flexibility index (Phi) is 3.70. The second-order valence-electron chi connectivity index (χ2n) is 4.52. The van der Waals surface area contributed by atoms with Crippen LogP contribution in [0, 0.1) is 0 Å². The number of fused-ring (bicyclic) bond motifs is 1. The number of anilines is 2. The molecule has 108 valence electrons. The van der Waals surface area contributed by atoms with Crippen LogP contribution in [0.1, 0.15) is 10.4 Å². The van der Waals surface area contributed by atoms with E-state index in [0.717, 1.165) is 4.47 Å². The topological polar surface area (TPSA) is 73.6 Å². The first kappa shape index (κ1) is 13.8. The van der Waals surface area contributed by atoms with Crippen LogP contribution in [0.4, 0.5) is 11.4 Å². The van der Waals surface area contributed by atoms with Gasteiger partial charge in [-0.1, -0.05) is 6.07 Å². The van der Waals surface area contributed by atoms with Crippen molar-refractivity contribution < 1.29 is 14.3 Å². The van der Waals surface area contributed by atoms with Crippen LogP contribution in [0.25, 0.3) is 0 Å². The van der Waals surface area contributed by atoms with E-state index in [-0.39, 0.29) is 5.91 Å². The van der Waals surface area contributed by atoms with Crippen molar-refractivity contribution in [2.24, 2.45) is 0 Å². The summed E-state index contributed by atoms with van der Waals surface area (Å²) in [5, 5.41) is 2.83. The molecule has 3 N–H and O–H groups in total. The maximum absolute atomic E-state index is 12.4. The smallest absolute Gasteiger partial charge is 0.259 e. The molecule has 0 spiro atoms. The molecule has 6 heteroatoms. The van der Waals surface area contributed by atoms with Crippen LogP contribution in [0.15, 0.2) is 40.9 Å². The van der Waals surface area contributed by atoms with Gasteiger partial charge in [0.2, 0.25) is 0 Å². The molecule has 2 aromatic rings. The van der Waals surface area contributed by atoms with E-state index in [1.54, 1.807) is 36.4 Å². The zero-order valence-electron chi connectivity index (χ0n) is 11.1. The molecule has 1 heterocycles. The van der Waals surface area contributed by atoms with Gasteiger partial charge in [-0.25, -0.2) is 0 Å². The molecule has 0 bridgehead atoms. The molecule has 2 aromatic carbocycles. The van der Waals surface area contributed by atoms with Gasteiger partial charge in [0.25, 0.3) is 5.91 Å². The highest BCUT2D eigenvalue weighted by Crippen LogP contribution is 2.34. The maximum Gasteiger partial charge on any atom is 0.259 e.